The van der Waals surface area contributed by atoms with E-state index >= 15 is 0 Å². The van der Waals surface area contributed by atoms with E-state index in [0.29, 0.717) is 19.2 Å². The highest BCUT2D eigenvalue weighted by atomic mass is 16.5. The number of hydrogen-bond acceptors (Lipinski definition) is 4. The van der Waals surface area contributed by atoms with Crippen LogP contribution in [0.2, 0.25) is 0 Å². The van der Waals surface area contributed by atoms with E-state index in [1.165, 1.54) is 12.1 Å². The first kappa shape index (κ1) is 11.5. The second-order valence-electron chi connectivity index (χ2n) is 4.49. The molecule has 16 heavy (non-hydrogen) atoms. The van der Waals surface area contributed by atoms with Gasteiger partial charge >= 0.3 is 0 Å². The first-order valence-corrected chi connectivity index (χ1v) is 5.89. The molecule has 1 heterocycles. The molecule has 1 aliphatic carbocycles. The Kier molecular flexibility index (Phi) is 3.56. The zero-order valence-corrected chi connectivity index (χ0v) is 10.0. The van der Waals surface area contributed by atoms with Gasteiger partial charge in [-0.2, -0.15) is 0 Å². The van der Waals surface area contributed by atoms with Crippen LogP contribution in [0.25, 0.3) is 0 Å². The summed E-state index contributed by atoms with van der Waals surface area (Å²) in [4.78, 5) is 0. The Balaban J connectivity index is 2.16. The van der Waals surface area contributed by atoms with E-state index in [-0.39, 0.29) is 0 Å². The summed E-state index contributed by atoms with van der Waals surface area (Å²) in [7, 11) is 1.72. The molecule has 2 N–H and O–H groups in total. The van der Waals surface area contributed by atoms with Gasteiger partial charge in [-0.15, -0.1) is 5.10 Å². The van der Waals surface area contributed by atoms with Crippen molar-refractivity contribution in [3.8, 4) is 0 Å². The van der Waals surface area contributed by atoms with Crippen LogP contribution in [0.5, 0.6) is 0 Å². The summed E-state index contributed by atoms with van der Waals surface area (Å²) in [6, 6.07) is 0.547. The summed E-state index contributed by atoms with van der Waals surface area (Å²) in [5.41, 5.74) is 7.83. The Morgan fingerprint density at radius 3 is 2.81 bits per heavy atom. The van der Waals surface area contributed by atoms with E-state index in [2.05, 4.69) is 21.9 Å². The molecule has 0 amide bonds. The second kappa shape index (κ2) is 4.93. The molecular weight excluding hydrogens is 204 g/mol. The maximum atomic E-state index is 5.58. The van der Waals surface area contributed by atoms with Crippen LogP contribution in [0, 0.1) is 5.92 Å². The monoisotopic (exact) mass is 224 g/mol. The lowest BCUT2D eigenvalue weighted by Gasteiger charge is -2.06. The van der Waals surface area contributed by atoms with Gasteiger partial charge in [0.25, 0.3) is 0 Å². The van der Waals surface area contributed by atoms with Crippen LogP contribution in [0.1, 0.15) is 30.8 Å². The lowest BCUT2D eigenvalue weighted by Crippen LogP contribution is -2.10. The lowest BCUT2D eigenvalue weighted by atomic mass is 10.2. The largest absolute Gasteiger partial charge is 0.384 e. The van der Waals surface area contributed by atoms with Crippen LogP contribution in [0.4, 0.5) is 0 Å². The van der Waals surface area contributed by atoms with E-state index in [1.54, 1.807) is 7.11 Å². The molecule has 5 heteroatoms. The summed E-state index contributed by atoms with van der Waals surface area (Å²) in [6.45, 7) is 3.58. The van der Waals surface area contributed by atoms with Gasteiger partial charge in [-0.05, 0) is 18.9 Å². The Morgan fingerprint density at radius 2 is 2.25 bits per heavy atom. The van der Waals surface area contributed by atoms with Crippen molar-refractivity contribution in [3.63, 3.8) is 0 Å². The SMILES string of the molecule is COCCc1c(CCN)nnn1C1CC1C. The summed E-state index contributed by atoms with van der Waals surface area (Å²) in [5, 5.41) is 8.49. The molecule has 0 bridgehead atoms. The molecule has 90 valence electrons. The van der Waals surface area contributed by atoms with Gasteiger partial charge < -0.3 is 10.5 Å². The molecule has 0 saturated heterocycles. The molecule has 2 rings (SSSR count). The normalized spacial score (nSPS) is 23.7. The molecule has 0 aromatic carbocycles. The van der Waals surface area contributed by atoms with E-state index in [4.69, 9.17) is 10.5 Å². The van der Waals surface area contributed by atoms with Crippen LogP contribution in [-0.2, 0) is 17.6 Å². The zero-order chi connectivity index (χ0) is 11.5. The van der Waals surface area contributed by atoms with Crippen molar-refractivity contribution in [2.24, 2.45) is 11.7 Å². The van der Waals surface area contributed by atoms with E-state index in [0.717, 1.165) is 24.5 Å². The minimum atomic E-state index is 0.547. The summed E-state index contributed by atoms with van der Waals surface area (Å²) < 4.78 is 7.21. The van der Waals surface area contributed by atoms with Crippen LogP contribution in [0.3, 0.4) is 0 Å². The number of ether oxygens (including phenoxy) is 1. The molecule has 0 radical (unpaired) electrons. The van der Waals surface area contributed by atoms with Gasteiger partial charge in [0.1, 0.15) is 0 Å². The molecule has 2 atom stereocenters. The average Bonchev–Trinajstić information content (AvgIpc) is 2.86. The molecule has 1 aromatic heterocycles. The lowest BCUT2D eigenvalue weighted by molar-refractivity contribution is 0.200. The molecule has 1 aromatic rings. The van der Waals surface area contributed by atoms with Crippen molar-refractivity contribution in [3.05, 3.63) is 11.4 Å². The zero-order valence-electron chi connectivity index (χ0n) is 10.0. The van der Waals surface area contributed by atoms with Crippen molar-refractivity contribution < 1.29 is 4.74 Å². The van der Waals surface area contributed by atoms with Crippen LogP contribution in [0.15, 0.2) is 0 Å². The summed E-state index contributed by atoms with van der Waals surface area (Å²) in [6.07, 6.45) is 2.90. The number of aromatic nitrogens is 3. The highest BCUT2D eigenvalue weighted by Crippen LogP contribution is 2.42. The fourth-order valence-corrected chi connectivity index (χ4v) is 2.04. The van der Waals surface area contributed by atoms with E-state index in [1.807, 2.05) is 0 Å². The van der Waals surface area contributed by atoms with Gasteiger partial charge in [0.2, 0.25) is 0 Å². The second-order valence-corrected chi connectivity index (χ2v) is 4.49. The third-order valence-corrected chi connectivity index (χ3v) is 3.18. The number of rotatable bonds is 6. The predicted octanol–water partition coefficient (Wildman–Crippen LogP) is 0.549. The van der Waals surface area contributed by atoms with Crippen molar-refractivity contribution in [2.75, 3.05) is 20.3 Å². The number of hydrogen-bond donors (Lipinski definition) is 1. The predicted molar refractivity (Wildman–Crippen MR) is 61.2 cm³/mol. The maximum Gasteiger partial charge on any atom is 0.0872 e. The first-order chi connectivity index (χ1) is 7.77. The fourth-order valence-electron chi connectivity index (χ4n) is 2.04. The number of methoxy groups -OCH3 is 1. The smallest absolute Gasteiger partial charge is 0.0872 e. The third-order valence-electron chi connectivity index (χ3n) is 3.18. The first-order valence-electron chi connectivity index (χ1n) is 5.89. The van der Waals surface area contributed by atoms with Gasteiger partial charge in [-0.25, -0.2) is 4.68 Å². The quantitative estimate of drug-likeness (QED) is 0.766. The highest BCUT2D eigenvalue weighted by molar-refractivity contribution is 5.14. The Labute approximate surface area is 96.0 Å². The minimum Gasteiger partial charge on any atom is -0.384 e. The molecule has 1 aliphatic rings. The van der Waals surface area contributed by atoms with Gasteiger partial charge in [0, 0.05) is 20.0 Å². The molecule has 1 fully saturated rings. The molecule has 2 unspecified atom stereocenters. The maximum absolute atomic E-state index is 5.58. The van der Waals surface area contributed by atoms with Crippen LogP contribution < -0.4 is 5.73 Å². The average molecular weight is 224 g/mol. The third kappa shape index (κ3) is 2.25. The molecule has 5 nitrogen and oxygen atoms in total. The number of nitrogens with zero attached hydrogens (tertiary/aromatic N) is 3. The van der Waals surface area contributed by atoms with Gasteiger partial charge in [-0.1, -0.05) is 12.1 Å². The van der Waals surface area contributed by atoms with Crippen LogP contribution in [-0.4, -0.2) is 35.3 Å². The van der Waals surface area contributed by atoms with Crippen molar-refractivity contribution >= 4 is 0 Å². The van der Waals surface area contributed by atoms with Crippen molar-refractivity contribution in [2.45, 2.75) is 32.2 Å². The van der Waals surface area contributed by atoms with Gasteiger partial charge in [0.15, 0.2) is 0 Å². The summed E-state index contributed by atoms with van der Waals surface area (Å²) in [5.74, 6) is 0.730. The topological polar surface area (TPSA) is 66.0 Å². The fraction of sp³-hybridized carbons (Fsp3) is 0.818. The molecule has 1 saturated carbocycles. The van der Waals surface area contributed by atoms with Crippen molar-refractivity contribution in [1.82, 2.24) is 15.0 Å². The van der Waals surface area contributed by atoms with E-state index in [9.17, 15) is 0 Å². The standard InChI is InChI=1S/C11H20N4O/c1-8-7-11(8)15-10(4-6-16-2)9(3-5-12)13-14-15/h8,11H,3-7,12H2,1-2H3. The Hall–Kier alpha value is -0.940. The molecule has 0 spiro atoms. The highest BCUT2D eigenvalue weighted by Gasteiger charge is 2.37. The molecule has 0 aliphatic heterocycles. The molecular formula is C11H20N4O. The number of nitrogens with two attached hydrogens (primary N) is 1. The van der Waals surface area contributed by atoms with Gasteiger partial charge in [-0.3, -0.25) is 0 Å². The summed E-state index contributed by atoms with van der Waals surface area (Å²) >= 11 is 0. The Morgan fingerprint density at radius 1 is 1.50 bits per heavy atom. The minimum absolute atomic E-state index is 0.547. The van der Waals surface area contributed by atoms with E-state index < -0.39 is 0 Å². The van der Waals surface area contributed by atoms with Gasteiger partial charge in [0.05, 0.1) is 24.0 Å². The van der Waals surface area contributed by atoms with Crippen molar-refractivity contribution in [1.29, 1.82) is 0 Å². The van der Waals surface area contributed by atoms with Crippen LogP contribution >= 0.6 is 0 Å². The Bertz CT molecular complexity index is 350.